The standard InChI is InChI=1S/C15H17NO3S/c1-19-14-8-9-16(11-14)20(17,18)15-7-6-12-4-2-3-5-13(12)10-15/h2-7,10,14H,8-9,11H2,1H3. The Balaban J connectivity index is 1.97. The average molecular weight is 291 g/mol. The van der Waals surface area contributed by atoms with E-state index in [-0.39, 0.29) is 6.10 Å². The predicted molar refractivity (Wildman–Crippen MR) is 78.1 cm³/mol. The molecule has 0 spiro atoms. The first-order valence-electron chi connectivity index (χ1n) is 6.63. The van der Waals surface area contributed by atoms with Gasteiger partial charge in [-0.1, -0.05) is 30.3 Å². The summed E-state index contributed by atoms with van der Waals surface area (Å²) in [5.74, 6) is 0. The van der Waals surface area contributed by atoms with Gasteiger partial charge in [-0.25, -0.2) is 8.42 Å². The molecule has 0 N–H and O–H groups in total. The lowest BCUT2D eigenvalue weighted by molar-refractivity contribution is 0.115. The van der Waals surface area contributed by atoms with Gasteiger partial charge in [0.1, 0.15) is 0 Å². The quantitative estimate of drug-likeness (QED) is 0.871. The van der Waals surface area contributed by atoms with Crippen LogP contribution in [0.2, 0.25) is 0 Å². The van der Waals surface area contributed by atoms with Gasteiger partial charge in [0.2, 0.25) is 10.0 Å². The molecule has 2 aromatic rings. The van der Waals surface area contributed by atoms with E-state index in [1.54, 1.807) is 19.2 Å². The highest BCUT2D eigenvalue weighted by Gasteiger charge is 2.32. The molecule has 0 saturated carbocycles. The van der Waals surface area contributed by atoms with E-state index in [1.807, 2.05) is 30.3 Å². The molecule has 1 saturated heterocycles. The Morgan fingerprint density at radius 1 is 1.15 bits per heavy atom. The fraction of sp³-hybridized carbons (Fsp3) is 0.333. The van der Waals surface area contributed by atoms with E-state index in [1.165, 1.54) is 4.31 Å². The summed E-state index contributed by atoms with van der Waals surface area (Å²) in [5, 5.41) is 1.98. The van der Waals surface area contributed by atoms with Crippen LogP contribution in [-0.4, -0.2) is 39.0 Å². The third-order valence-electron chi connectivity index (χ3n) is 3.80. The lowest BCUT2D eigenvalue weighted by Gasteiger charge is -2.16. The molecule has 1 aliphatic rings. The molecule has 0 aliphatic carbocycles. The summed E-state index contributed by atoms with van der Waals surface area (Å²) in [6.07, 6.45) is 0.758. The van der Waals surface area contributed by atoms with E-state index in [9.17, 15) is 8.42 Å². The summed E-state index contributed by atoms with van der Waals surface area (Å²) >= 11 is 0. The van der Waals surface area contributed by atoms with Crippen LogP contribution >= 0.6 is 0 Å². The summed E-state index contributed by atoms with van der Waals surface area (Å²) in [6, 6.07) is 13.0. The number of methoxy groups -OCH3 is 1. The first kappa shape index (κ1) is 13.5. The number of hydrogen-bond donors (Lipinski definition) is 0. The highest BCUT2D eigenvalue weighted by atomic mass is 32.2. The van der Waals surface area contributed by atoms with Crippen LogP contribution in [0.1, 0.15) is 6.42 Å². The molecule has 106 valence electrons. The van der Waals surface area contributed by atoms with Crippen LogP contribution in [0.25, 0.3) is 10.8 Å². The van der Waals surface area contributed by atoms with Crippen LogP contribution in [0.3, 0.4) is 0 Å². The van der Waals surface area contributed by atoms with Crippen molar-refractivity contribution in [3.63, 3.8) is 0 Å². The summed E-state index contributed by atoms with van der Waals surface area (Å²) in [6.45, 7) is 0.958. The van der Waals surface area contributed by atoms with Crippen molar-refractivity contribution in [3.8, 4) is 0 Å². The maximum Gasteiger partial charge on any atom is 0.243 e. The van der Waals surface area contributed by atoms with Crippen molar-refractivity contribution in [1.82, 2.24) is 4.31 Å². The molecule has 3 rings (SSSR count). The summed E-state index contributed by atoms with van der Waals surface area (Å²) < 4.78 is 32.0. The van der Waals surface area contributed by atoms with Gasteiger partial charge in [0.25, 0.3) is 0 Å². The molecule has 1 unspecified atom stereocenters. The van der Waals surface area contributed by atoms with Gasteiger partial charge in [0.15, 0.2) is 0 Å². The summed E-state index contributed by atoms with van der Waals surface area (Å²) in [5.41, 5.74) is 0. The number of sulfonamides is 1. The van der Waals surface area contributed by atoms with Crippen molar-refractivity contribution in [2.75, 3.05) is 20.2 Å². The normalized spacial score (nSPS) is 20.6. The Hall–Kier alpha value is -1.43. The van der Waals surface area contributed by atoms with Crippen molar-refractivity contribution in [2.24, 2.45) is 0 Å². The van der Waals surface area contributed by atoms with Crippen molar-refractivity contribution in [3.05, 3.63) is 42.5 Å². The molecule has 1 heterocycles. The molecule has 1 aliphatic heterocycles. The molecule has 20 heavy (non-hydrogen) atoms. The first-order valence-corrected chi connectivity index (χ1v) is 8.07. The zero-order valence-corrected chi connectivity index (χ0v) is 12.1. The summed E-state index contributed by atoms with van der Waals surface area (Å²) in [4.78, 5) is 0.355. The van der Waals surface area contributed by atoms with Gasteiger partial charge in [0.05, 0.1) is 11.0 Å². The zero-order valence-electron chi connectivity index (χ0n) is 11.3. The number of nitrogens with zero attached hydrogens (tertiary/aromatic N) is 1. The van der Waals surface area contributed by atoms with Crippen molar-refractivity contribution in [1.29, 1.82) is 0 Å². The Morgan fingerprint density at radius 2 is 1.90 bits per heavy atom. The number of hydrogen-bond acceptors (Lipinski definition) is 3. The molecule has 0 radical (unpaired) electrons. The zero-order chi connectivity index (χ0) is 14.2. The molecule has 0 bridgehead atoms. The molecule has 1 atom stereocenters. The minimum absolute atomic E-state index is 0.00484. The van der Waals surface area contributed by atoms with Crippen LogP contribution in [0, 0.1) is 0 Å². The van der Waals surface area contributed by atoms with Gasteiger partial charge >= 0.3 is 0 Å². The maximum atomic E-state index is 12.6. The Labute approximate surface area is 119 Å². The summed E-state index contributed by atoms with van der Waals surface area (Å²) in [7, 11) is -1.80. The highest BCUT2D eigenvalue weighted by Crippen LogP contribution is 2.25. The van der Waals surface area contributed by atoms with Crippen molar-refractivity contribution >= 4 is 20.8 Å². The Morgan fingerprint density at radius 3 is 2.60 bits per heavy atom. The third-order valence-corrected chi connectivity index (χ3v) is 5.66. The fourth-order valence-corrected chi connectivity index (χ4v) is 4.11. The van der Waals surface area contributed by atoms with Crippen LogP contribution in [-0.2, 0) is 14.8 Å². The predicted octanol–water partition coefficient (Wildman–Crippen LogP) is 2.25. The van der Waals surface area contributed by atoms with E-state index in [4.69, 9.17) is 4.74 Å². The number of benzene rings is 2. The molecule has 2 aromatic carbocycles. The fourth-order valence-electron chi connectivity index (χ4n) is 2.59. The first-order chi connectivity index (χ1) is 9.61. The lowest BCUT2D eigenvalue weighted by Crippen LogP contribution is -2.30. The van der Waals surface area contributed by atoms with E-state index < -0.39 is 10.0 Å². The minimum Gasteiger partial charge on any atom is -0.380 e. The van der Waals surface area contributed by atoms with E-state index in [2.05, 4.69) is 0 Å². The van der Waals surface area contributed by atoms with E-state index >= 15 is 0 Å². The lowest BCUT2D eigenvalue weighted by atomic mass is 10.1. The molecule has 0 amide bonds. The van der Waals surface area contributed by atoms with Crippen LogP contribution in [0.5, 0.6) is 0 Å². The Bertz CT molecular complexity index is 727. The Kier molecular flexibility index (Phi) is 3.50. The molecular formula is C15H17NO3S. The molecule has 1 fully saturated rings. The van der Waals surface area contributed by atoms with Crippen molar-refractivity contribution in [2.45, 2.75) is 17.4 Å². The SMILES string of the molecule is COC1CCN(S(=O)(=O)c2ccc3ccccc3c2)C1. The van der Waals surface area contributed by atoms with Crippen LogP contribution in [0.15, 0.2) is 47.4 Å². The average Bonchev–Trinajstić information content (AvgIpc) is 2.96. The number of ether oxygens (including phenoxy) is 1. The van der Waals surface area contributed by atoms with E-state index in [0.717, 1.165) is 17.2 Å². The van der Waals surface area contributed by atoms with Gasteiger partial charge < -0.3 is 4.74 Å². The second-order valence-electron chi connectivity index (χ2n) is 5.02. The second kappa shape index (κ2) is 5.16. The van der Waals surface area contributed by atoms with Gasteiger partial charge in [0, 0.05) is 20.2 Å². The largest absolute Gasteiger partial charge is 0.380 e. The van der Waals surface area contributed by atoms with Crippen LogP contribution < -0.4 is 0 Å². The van der Waals surface area contributed by atoms with Gasteiger partial charge in [-0.2, -0.15) is 4.31 Å². The number of fused-ring (bicyclic) bond motifs is 1. The maximum absolute atomic E-state index is 12.6. The highest BCUT2D eigenvalue weighted by molar-refractivity contribution is 7.89. The number of rotatable bonds is 3. The van der Waals surface area contributed by atoms with Crippen LogP contribution in [0.4, 0.5) is 0 Å². The monoisotopic (exact) mass is 291 g/mol. The molecule has 4 nitrogen and oxygen atoms in total. The van der Waals surface area contributed by atoms with Gasteiger partial charge in [-0.3, -0.25) is 0 Å². The van der Waals surface area contributed by atoms with Gasteiger partial charge in [-0.05, 0) is 29.3 Å². The minimum atomic E-state index is -3.42. The molecular weight excluding hydrogens is 274 g/mol. The third kappa shape index (κ3) is 2.32. The molecule has 0 aromatic heterocycles. The van der Waals surface area contributed by atoms with Gasteiger partial charge in [-0.15, -0.1) is 0 Å². The smallest absolute Gasteiger partial charge is 0.243 e. The molecule has 5 heteroatoms. The second-order valence-corrected chi connectivity index (χ2v) is 6.96. The van der Waals surface area contributed by atoms with E-state index in [0.29, 0.717) is 18.0 Å². The topological polar surface area (TPSA) is 46.6 Å². The van der Waals surface area contributed by atoms with Crippen molar-refractivity contribution < 1.29 is 13.2 Å².